The van der Waals surface area contributed by atoms with E-state index in [1.165, 1.54) is 16.2 Å². The van der Waals surface area contributed by atoms with Crippen molar-refractivity contribution in [3.63, 3.8) is 0 Å². The number of benzene rings is 1. The number of cyclic esters (lactones) is 1. The Morgan fingerprint density at radius 1 is 1.13 bits per heavy atom. The fourth-order valence-corrected chi connectivity index (χ4v) is 9.92. The Bertz CT molecular complexity index is 2240. The normalized spacial score (nSPS) is 26.1. The van der Waals surface area contributed by atoms with Crippen molar-refractivity contribution in [1.29, 1.82) is 0 Å². The molecule has 326 valence electrons. The lowest BCUT2D eigenvalue weighted by atomic mass is 9.87. The number of nitrogens with one attached hydrogen (secondary N) is 3. The van der Waals surface area contributed by atoms with Gasteiger partial charge in [0.1, 0.15) is 41.8 Å². The summed E-state index contributed by atoms with van der Waals surface area (Å²) in [7, 11) is -3.33. The van der Waals surface area contributed by atoms with Gasteiger partial charge in [-0.3, -0.25) is 18.9 Å². The molecule has 2 aliphatic carbocycles. The molecule has 1 unspecified atom stereocenters. The second-order valence-electron chi connectivity index (χ2n) is 17.2. The van der Waals surface area contributed by atoms with E-state index in [1.54, 1.807) is 24.8 Å². The van der Waals surface area contributed by atoms with Crippen LogP contribution in [0.1, 0.15) is 94.8 Å². The summed E-state index contributed by atoms with van der Waals surface area (Å²) in [6, 6.07) is 3.28. The zero-order valence-corrected chi connectivity index (χ0v) is 36.2. The summed E-state index contributed by atoms with van der Waals surface area (Å²) in [5.74, 6) is -1.62. The van der Waals surface area contributed by atoms with E-state index in [2.05, 4.69) is 15.6 Å². The smallest absolute Gasteiger partial charge is 0.407 e. The van der Waals surface area contributed by atoms with E-state index in [4.69, 9.17) is 23.9 Å². The summed E-state index contributed by atoms with van der Waals surface area (Å²) < 4.78 is 58.9. The van der Waals surface area contributed by atoms with E-state index in [0.29, 0.717) is 54.5 Å². The number of pyridine rings is 1. The number of amides is 4. The molecule has 2 saturated carbocycles. The Morgan fingerprint density at radius 3 is 2.57 bits per heavy atom. The van der Waals surface area contributed by atoms with Crippen LogP contribution >= 0.6 is 11.3 Å². The number of alkyl carbamates (subject to hydrolysis) is 1. The van der Waals surface area contributed by atoms with Gasteiger partial charge in [-0.15, -0.1) is 11.3 Å². The first-order chi connectivity index (χ1) is 28.5. The van der Waals surface area contributed by atoms with Crippen molar-refractivity contribution >= 4 is 56.4 Å². The summed E-state index contributed by atoms with van der Waals surface area (Å²) in [6.07, 6.45) is 4.24. The molecule has 2 aliphatic heterocycles. The Kier molecular flexibility index (Phi) is 12.5. The summed E-state index contributed by atoms with van der Waals surface area (Å²) in [6.45, 7) is 7.93. The first-order valence-corrected chi connectivity index (χ1v) is 22.9. The molecule has 4 N–H and O–H groups in total. The monoisotopic (exact) mass is 870 g/mol. The van der Waals surface area contributed by atoms with Crippen LogP contribution in [0.25, 0.3) is 10.9 Å². The number of thiazole rings is 1. The van der Waals surface area contributed by atoms with E-state index in [9.17, 15) is 32.1 Å². The highest BCUT2D eigenvalue weighted by atomic mass is 32.2. The molecule has 3 aromatic rings. The van der Waals surface area contributed by atoms with Gasteiger partial charge in [0.15, 0.2) is 0 Å². The standard InChI is InChI=1S/C41H54N6O11S2/c1-6-26-18-41(26,38(50)46-60(52,53)54)45-36(48)31-15-28-19-47(31)37(49)35(24-10-7-8-11-24)44-39(51)57-22-40(3,4)13-9-12-25-14-29-30(16-32(25)55-5)43-34(17-33(29)58-28)56-20-27-21-59-23(2)42-27/h14,16-17,21,24,26,28,31,35H,6-13,15,18-20,22H2,1-5H3,(H,44,51)(H,45,48)(H,46,50)(H,52,53,54)/t26?,28-,31+,35+,41-/m1/s1. The van der Waals surface area contributed by atoms with Crippen molar-refractivity contribution in [3.8, 4) is 17.4 Å². The van der Waals surface area contributed by atoms with Crippen LogP contribution in [0.2, 0.25) is 0 Å². The molecular weight excluding hydrogens is 817 g/mol. The van der Waals surface area contributed by atoms with Gasteiger partial charge in [-0.25, -0.2) is 19.5 Å². The molecule has 5 atom stereocenters. The number of hydrogen-bond donors (Lipinski definition) is 4. The number of carbonyl (C=O) groups is 4. The van der Waals surface area contributed by atoms with Gasteiger partial charge in [-0.2, -0.15) is 8.42 Å². The molecular formula is C41H54N6O11S2. The molecule has 0 radical (unpaired) electrons. The summed E-state index contributed by atoms with van der Waals surface area (Å²) in [5.41, 5.74) is 0.154. The van der Waals surface area contributed by atoms with Crippen molar-refractivity contribution in [3.05, 3.63) is 39.8 Å². The first-order valence-electron chi connectivity index (χ1n) is 20.5. The number of methoxy groups -OCH3 is 1. The molecule has 19 heteroatoms. The number of rotatable bonds is 10. The van der Waals surface area contributed by atoms with Crippen molar-refractivity contribution in [2.75, 3.05) is 20.3 Å². The highest BCUT2D eigenvalue weighted by Gasteiger charge is 2.62. The third-order valence-electron chi connectivity index (χ3n) is 12.2. The molecule has 0 spiro atoms. The summed E-state index contributed by atoms with van der Waals surface area (Å²) >= 11 is 1.51. The number of carbonyl (C=O) groups excluding carboxylic acids is 4. The Balaban J connectivity index is 1.28. The topological polar surface area (TPSA) is 225 Å². The largest absolute Gasteiger partial charge is 0.496 e. The van der Waals surface area contributed by atoms with Crippen LogP contribution in [0.5, 0.6) is 17.4 Å². The molecule has 1 saturated heterocycles. The van der Waals surface area contributed by atoms with Crippen LogP contribution < -0.4 is 29.6 Å². The molecule has 4 heterocycles. The Labute approximate surface area is 353 Å². The fraction of sp³-hybridized carbons (Fsp3) is 0.610. The van der Waals surface area contributed by atoms with Gasteiger partial charge in [0.05, 0.1) is 36.5 Å². The number of fused-ring (bicyclic) bond motifs is 3. The van der Waals surface area contributed by atoms with Gasteiger partial charge in [-0.05, 0) is 74.3 Å². The predicted octanol–water partition coefficient (Wildman–Crippen LogP) is 4.79. The van der Waals surface area contributed by atoms with Crippen LogP contribution in [0.4, 0.5) is 4.79 Å². The number of nitrogens with zero attached hydrogens (tertiary/aromatic N) is 3. The minimum absolute atomic E-state index is 0.0124. The second-order valence-corrected chi connectivity index (χ2v) is 19.4. The maximum Gasteiger partial charge on any atom is 0.407 e. The maximum atomic E-state index is 14.9. The van der Waals surface area contributed by atoms with Crippen molar-refractivity contribution in [2.24, 2.45) is 17.3 Å². The molecule has 17 nitrogen and oxygen atoms in total. The van der Waals surface area contributed by atoms with Crippen LogP contribution in [-0.2, 0) is 42.5 Å². The highest BCUT2D eigenvalue weighted by Crippen LogP contribution is 2.47. The zero-order chi connectivity index (χ0) is 43.0. The SMILES string of the molecule is CCC1C[C@]1(NC(=O)[C@@H]1C[C@@H]2CN1C(=O)[C@H](C1CCCC1)NC(=O)OCC(C)(C)CCCc1cc3c(cc(OCc4csc(C)n4)nc3cc1OC)O2)C(=O)NS(=O)(=O)O. The van der Waals surface area contributed by atoms with E-state index in [0.717, 1.165) is 35.5 Å². The molecule has 3 fully saturated rings. The Hall–Kier alpha value is -4.75. The van der Waals surface area contributed by atoms with Gasteiger partial charge >= 0.3 is 16.4 Å². The highest BCUT2D eigenvalue weighted by molar-refractivity contribution is 7.84. The quantitative estimate of drug-likeness (QED) is 0.202. The van der Waals surface area contributed by atoms with E-state index in [-0.39, 0.29) is 44.4 Å². The van der Waals surface area contributed by atoms with Crippen molar-refractivity contribution in [2.45, 2.75) is 122 Å². The molecule has 1 aromatic carbocycles. The Morgan fingerprint density at radius 2 is 1.90 bits per heavy atom. The first kappa shape index (κ1) is 43.3. The molecule has 4 bridgehead atoms. The molecule has 60 heavy (non-hydrogen) atoms. The third-order valence-corrected chi connectivity index (χ3v) is 13.5. The summed E-state index contributed by atoms with van der Waals surface area (Å²) in [4.78, 5) is 66.7. The molecule has 2 aromatic heterocycles. The lowest BCUT2D eigenvalue weighted by Gasteiger charge is -2.32. The van der Waals surface area contributed by atoms with Gasteiger partial charge in [0.2, 0.25) is 17.7 Å². The van der Waals surface area contributed by atoms with Crippen LogP contribution in [0, 0.1) is 24.2 Å². The van der Waals surface area contributed by atoms with E-state index in [1.807, 2.05) is 38.3 Å². The minimum atomic E-state index is -4.93. The average molecular weight is 871 g/mol. The number of hydrogen-bond acceptors (Lipinski definition) is 13. The van der Waals surface area contributed by atoms with Crippen LogP contribution in [-0.4, -0.2) is 95.6 Å². The predicted molar refractivity (Wildman–Crippen MR) is 220 cm³/mol. The number of ether oxygens (including phenoxy) is 4. The second kappa shape index (κ2) is 17.3. The zero-order valence-electron chi connectivity index (χ0n) is 34.6. The molecule has 4 aliphatic rings. The van der Waals surface area contributed by atoms with E-state index >= 15 is 0 Å². The minimum Gasteiger partial charge on any atom is -0.496 e. The maximum absolute atomic E-state index is 14.9. The lowest BCUT2D eigenvalue weighted by molar-refractivity contribution is -0.142. The number of aromatic nitrogens is 2. The van der Waals surface area contributed by atoms with Crippen molar-refractivity contribution < 1.29 is 51.1 Å². The third kappa shape index (κ3) is 9.73. The van der Waals surface area contributed by atoms with Gasteiger partial charge < -0.3 is 34.5 Å². The van der Waals surface area contributed by atoms with Crippen LogP contribution in [0.15, 0.2) is 23.6 Å². The van der Waals surface area contributed by atoms with E-state index < -0.39 is 69.2 Å². The van der Waals surface area contributed by atoms with Crippen LogP contribution in [0.3, 0.4) is 0 Å². The van der Waals surface area contributed by atoms with Gasteiger partial charge in [-0.1, -0.05) is 40.0 Å². The van der Waals surface area contributed by atoms with Crippen molar-refractivity contribution in [1.82, 2.24) is 30.2 Å². The molecule has 4 amide bonds. The number of aryl methyl sites for hydroxylation is 2. The average Bonchev–Trinajstić information content (AvgIpc) is 3.59. The molecule has 7 rings (SSSR count). The van der Waals surface area contributed by atoms with Gasteiger partial charge in [0, 0.05) is 29.3 Å². The summed E-state index contributed by atoms with van der Waals surface area (Å²) in [5, 5.41) is 9.09. The fourth-order valence-electron chi connectivity index (χ4n) is 8.91. The lowest BCUT2D eigenvalue weighted by Crippen LogP contribution is -2.59. The van der Waals surface area contributed by atoms with Gasteiger partial charge in [0.25, 0.3) is 5.91 Å².